The molecule has 3 aromatic rings. The molecule has 2 aromatic heterocycles. The van der Waals surface area contributed by atoms with Crippen LogP contribution in [0.3, 0.4) is 0 Å². The zero-order chi connectivity index (χ0) is 18.8. The highest BCUT2D eigenvalue weighted by molar-refractivity contribution is 5.76. The number of aromatic nitrogens is 5. The van der Waals surface area contributed by atoms with Crippen LogP contribution in [-0.4, -0.2) is 49.2 Å². The van der Waals surface area contributed by atoms with Crippen LogP contribution in [0.15, 0.2) is 29.0 Å². The average Bonchev–Trinajstić information content (AvgIpc) is 3.39. The normalized spacial score (nSPS) is 16.8. The molecule has 1 atom stereocenters. The molecule has 1 aromatic carbocycles. The van der Waals surface area contributed by atoms with E-state index in [1.54, 1.807) is 4.90 Å². The van der Waals surface area contributed by atoms with Crippen molar-refractivity contribution in [2.24, 2.45) is 0 Å². The Hall–Kier alpha value is -3.17. The van der Waals surface area contributed by atoms with Crippen LogP contribution in [0.2, 0.25) is 0 Å². The van der Waals surface area contributed by atoms with Gasteiger partial charge in [0.25, 0.3) is 0 Å². The number of likely N-dealkylation sites (tertiary alicyclic amines) is 1. The fraction of sp³-hybridized carbons (Fsp3) is 0.353. The first-order chi connectivity index (χ1) is 13.1. The van der Waals surface area contributed by atoms with Crippen molar-refractivity contribution < 1.29 is 18.1 Å². The third-order valence-electron chi connectivity index (χ3n) is 4.60. The van der Waals surface area contributed by atoms with Crippen molar-refractivity contribution in [3.8, 4) is 11.6 Å². The van der Waals surface area contributed by atoms with Gasteiger partial charge in [0.05, 0.1) is 0 Å². The van der Waals surface area contributed by atoms with Crippen LogP contribution in [0, 0.1) is 11.6 Å². The van der Waals surface area contributed by atoms with Crippen molar-refractivity contribution in [3.63, 3.8) is 0 Å². The molecule has 1 amide bonds. The van der Waals surface area contributed by atoms with Crippen LogP contribution in [0.4, 0.5) is 8.78 Å². The van der Waals surface area contributed by atoms with Crippen LogP contribution >= 0.6 is 0 Å². The van der Waals surface area contributed by atoms with E-state index in [9.17, 15) is 13.6 Å². The molecule has 0 radical (unpaired) electrons. The molecule has 1 aliphatic heterocycles. The molecule has 3 heterocycles. The van der Waals surface area contributed by atoms with Crippen LogP contribution in [0.1, 0.15) is 30.2 Å². The first-order valence-corrected chi connectivity index (χ1v) is 8.52. The van der Waals surface area contributed by atoms with Crippen molar-refractivity contribution in [1.29, 1.82) is 0 Å². The molecule has 1 unspecified atom stereocenters. The van der Waals surface area contributed by atoms with Gasteiger partial charge in [0.1, 0.15) is 18.0 Å². The number of nitrogens with one attached hydrogen (secondary N) is 1. The second-order valence-electron chi connectivity index (χ2n) is 6.31. The van der Waals surface area contributed by atoms with Crippen molar-refractivity contribution in [3.05, 3.63) is 47.6 Å². The fourth-order valence-corrected chi connectivity index (χ4v) is 3.26. The summed E-state index contributed by atoms with van der Waals surface area (Å²) < 4.78 is 33.0. The second kappa shape index (κ2) is 7.22. The van der Waals surface area contributed by atoms with Crippen LogP contribution in [-0.2, 0) is 11.2 Å². The Morgan fingerprint density at radius 2 is 2.15 bits per heavy atom. The summed E-state index contributed by atoms with van der Waals surface area (Å²) in [4.78, 5) is 22.1. The van der Waals surface area contributed by atoms with E-state index in [1.807, 2.05) is 0 Å². The minimum atomic E-state index is -0.569. The molecular weight excluding hydrogens is 358 g/mol. The van der Waals surface area contributed by atoms with Gasteiger partial charge in [0.2, 0.25) is 17.6 Å². The third kappa shape index (κ3) is 3.55. The predicted octanol–water partition coefficient (Wildman–Crippen LogP) is 2.08. The minimum Gasteiger partial charge on any atom is -0.342 e. The minimum absolute atomic E-state index is 0.0569. The zero-order valence-electron chi connectivity index (χ0n) is 14.2. The SMILES string of the molecule is O=C(CCc1nc(-c2ncn[nH]2)no1)N1CCC(c2c(F)cccc2F)C1. The third-order valence-corrected chi connectivity index (χ3v) is 4.60. The van der Waals surface area contributed by atoms with Crippen molar-refractivity contribution in [2.45, 2.75) is 25.2 Å². The van der Waals surface area contributed by atoms with Gasteiger partial charge in [-0.25, -0.2) is 13.8 Å². The lowest BCUT2D eigenvalue weighted by molar-refractivity contribution is -0.130. The summed E-state index contributed by atoms with van der Waals surface area (Å²) in [5.41, 5.74) is 0.0569. The summed E-state index contributed by atoms with van der Waals surface area (Å²) in [5.74, 6) is -0.632. The van der Waals surface area contributed by atoms with Gasteiger partial charge in [-0.05, 0) is 18.6 Å². The van der Waals surface area contributed by atoms with Gasteiger partial charge in [0.15, 0.2) is 5.82 Å². The number of carbonyl (C=O) groups excluding carboxylic acids is 1. The Morgan fingerprint density at radius 1 is 1.33 bits per heavy atom. The molecule has 0 spiro atoms. The molecule has 1 aliphatic rings. The number of aryl methyl sites for hydroxylation is 1. The highest BCUT2D eigenvalue weighted by Crippen LogP contribution is 2.31. The van der Waals surface area contributed by atoms with E-state index in [-0.39, 0.29) is 36.1 Å². The Bertz CT molecular complexity index is 923. The van der Waals surface area contributed by atoms with E-state index in [0.29, 0.717) is 31.2 Å². The number of rotatable bonds is 5. The number of carbonyl (C=O) groups is 1. The standard InChI is InChI=1S/C17H16F2N6O2/c18-11-2-1-3-12(19)15(11)10-6-7-25(8-10)14(26)5-4-13-22-17(24-27-13)16-20-9-21-23-16/h1-3,9-10H,4-8H2,(H,20,21,23). The molecule has 0 aliphatic carbocycles. The van der Waals surface area contributed by atoms with E-state index in [1.165, 1.54) is 24.5 Å². The zero-order valence-corrected chi connectivity index (χ0v) is 14.2. The number of H-pyrrole nitrogens is 1. The van der Waals surface area contributed by atoms with Crippen LogP contribution in [0.5, 0.6) is 0 Å². The summed E-state index contributed by atoms with van der Waals surface area (Å²) in [5, 5.41) is 10.1. The number of hydrogen-bond donors (Lipinski definition) is 1. The summed E-state index contributed by atoms with van der Waals surface area (Å²) in [6, 6.07) is 3.82. The average molecular weight is 374 g/mol. The Kier molecular flexibility index (Phi) is 4.61. The highest BCUT2D eigenvalue weighted by atomic mass is 19.1. The maximum absolute atomic E-state index is 13.9. The van der Waals surface area contributed by atoms with Gasteiger partial charge in [-0.15, -0.1) is 0 Å². The van der Waals surface area contributed by atoms with E-state index in [2.05, 4.69) is 25.3 Å². The van der Waals surface area contributed by atoms with Gasteiger partial charge < -0.3 is 9.42 Å². The monoisotopic (exact) mass is 374 g/mol. The van der Waals surface area contributed by atoms with Crippen LogP contribution in [0.25, 0.3) is 11.6 Å². The lowest BCUT2D eigenvalue weighted by Gasteiger charge is -2.17. The van der Waals surface area contributed by atoms with Gasteiger partial charge in [-0.3, -0.25) is 9.89 Å². The molecule has 0 bridgehead atoms. The van der Waals surface area contributed by atoms with Gasteiger partial charge in [-0.2, -0.15) is 10.1 Å². The molecule has 8 nitrogen and oxygen atoms in total. The molecule has 140 valence electrons. The summed E-state index contributed by atoms with van der Waals surface area (Å²) in [7, 11) is 0. The Morgan fingerprint density at radius 3 is 2.89 bits per heavy atom. The van der Waals surface area contributed by atoms with E-state index in [4.69, 9.17) is 4.52 Å². The first-order valence-electron chi connectivity index (χ1n) is 8.52. The second-order valence-corrected chi connectivity index (χ2v) is 6.31. The smallest absolute Gasteiger partial charge is 0.239 e. The van der Waals surface area contributed by atoms with Crippen molar-refractivity contribution >= 4 is 5.91 Å². The topological polar surface area (TPSA) is 101 Å². The molecule has 1 saturated heterocycles. The molecule has 4 rings (SSSR count). The maximum atomic E-state index is 13.9. The van der Waals surface area contributed by atoms with E-state index in [0.717, 1.165) is 0 Å². The molecular formula is C17H16F2N6O2. The largest absolute Gasteiger partial charge is 0.342 e. The predicted molar refractivity (Wildman–Crippen MR) is 88.3 cm³/mol. The molecule has 1 fully saturated rings. The van der Waals surface area contributed by atoms with Gasteiger partial charge in [-0.1, -0.05) is 11.2 Å². The number of benzene rings is 1. The number of aromatic amines is 1. The first kappa shape index (κ1) is 17.3. The number of nitrogens with zero attached hydrogens (tertiary/aromatic N) is 5. The number of amides is 1. The number of halogens is 2. The number of hydrogen-bond acceptors (Lipinski definition) is 6. The fourth-order valence-electron chi connectivity index (χ4n) is 3.26. The van der Waals surface area contributed by atoms with Crippen LogP contribution < -0.4 is 0 Å². The lowest BCUT2D eigenvalue weighted by Crippen LogP contribution is -2.28. The van der Waals surface area contributed by atoms with Gasteiger partial charge >= 0.3 is 0 Å². The van der Waals surface area contributed by atoms with E-state index >= 15 is 0 Å². The molecule has 1 N–H and O–H groups in total. The quantitative estimate of drug-likeness (QED) is 0.734. The highest BCUT2D eigenvalue weighted by Gasteiger charge is 2.30. The summed E-state index contributed by atoms with van der Waals surface area (Å²) >= 11 is 0. The maximum Gasteiger partial charge on any atom is 0.239 e. The lowest BCUT2D eigenvalue weighted by atomic mass is 9.97. The molecule has 0 saturated carbocycles. The summed E-state index contributed by atoms with van der Waals surface area (Å²) in [6.07, 6.45) is 2.30. The van der Waals surface area contributed by atoms with Crippen molar-refractivity contribution in [2.75, 3.05) is 13.1 Å². The van der Waals surface area contributed by atoms with E-state index < -0.39 is 11.6 Å². The van der Waals surface area contributed by atoms with Gasteiger partial charge in [0, 0.05) is 37.4 Å². The molecule has 27 heavy (non-hydrogen) atoms. The Balaban J connectivity index is 1.34. The summed E-state index contributed by atoms with van der Waals surface area (Å²) in [6.45, 7) is 0.758. The van der Waals surface area contributed by atoms with Crippen molar-refractivity contribution in [1.82, 2.24) is 30.2 Å². The molecule has 10 heteroatoms. The Labute approximate surface area is 152 Å².